The van der Waals surface area contributed by atoms with Crippen molar-refractivity contribution in [3.63, 3.8) is 0 Å². The normalized spacial score (nSPS) is 14.7. The fourth-order valence-electron chi connectivity index (χ4n) is 1.65. The van der Waals surface area contributed by atoms with Crippen LogP contribution in [-0.4, -0.2) is 20.8 Å². The van der Waals surface area contributed by atoms with Crippen molar-refractivity contribution < 1.29 is 9.47 Å². The van der Waals surface area contributed by atoms with Gasteiger partial charge in [-0.15, -0.1) is 0 Å². The van der Waals surface area contributed by atoms with Crippen LogP contribution in [0.5, 0.6) is 5.75 Å². The Kier molecular flexibility index (Phi) is 4.12. The lowest BCUT2D eigenvalue weighted by Crippen LogP contribution is -2.41. The van der Waals surface area contributed by atoms with Crippen LogP contribution >= 0.6 is 0 Å². The molecule has 0 saturated carbocycles. The van der Waals surface area contributed by atoms with E-state index in [0.717, 1.165) is 17.9 Å². The van der Waals surface area contributed by atoms with E-state index in [-0.39, 0.29) is 0 Å². The first-order valence-corrected chi connectivity index (χ1v) is 5.11. The summed E-state index contributed by atoms with van der Waals surface area (Å²) in [6.45, 7) is 4.88. The molecule has 3 nitrogen and oxygen atoms in total. The first kappa shape index (κ1) is 12.0. The predicted octanol–water partition coefficient (Wildman–Crippen LogP) is 2.12. The van der Waals surface area contributed by atoms with E-state index in [1.165, 1.54) is 0 Å². The highest BCUT2D eigenvalue weighted by atomic mass is 16.5. The minimum absolute atomic E-state index is 0.499. The van der Waals surface area contributed by atoms with Gasteiger partial charge in [-0.2, -0.15) is 0 Å². The van der Waals surface area contributed by atoms with Gasteiger partial charge in [-0.25, -0.2) is 0 Å². The van der Waals surface area contributed by atoms with Crippen LogP contribution in [0.15, 0.2) is 24.3 Å². The van der Waals surface area contributed by atoms with Gasteiger partial charge in [0.05, 0.1) is 7.11 Å². The molecule has 0 aliphatic carbocycles. The molecule has 1 unspecified atom stereocenters. The summed E-state index contributed by atoms with van der Waals surface area (Å²) in [7, 11) is 3.36. The maximum Gasteiger partial charge on any atom is 0.145 e. The van der Waals surface area contributed by atoms with E-state index in [1.807, 2.05) is 38.1 Å². The Bertz CT molecular complexity index is 314. The van der Waals surface area contributed by atoms with Gasteiger partial charge in [-0.05, 0) is 19.5 Å². The number of hydrogen-bond donors (Lipinski definition) is 1. The molecular formula is C12H19NO2. The first-order chi connectivity index (χ1) is 7.18. The molecule has 15 heavy (non-hydrogen) atoms. The standard InChI is InChI=1S/C12H19NO2/c1-5-13-12(2,15-4)10-8-6-7-9-11(10)14-3/h6-9,13H,5H2,1-4H3. The molecule has 0 heterocycles. The lowest BCUT2D eigenvalue weighted by Gasteiger charge is -2.30. The van der Waals surface area contributed by atoms with Gasteiger partial charge >= 0.3 is 0 Å². The molecule has 0 amide bonds. The average Bonchev–Trinajstić information content (AvgIpc) is 2.29. The molecule has 0 spiro atoms. The third-order valence-electron chi connectivity index (χ3n) is 2.54. The zero-order valence-corrected chi connectivity index (χ0v) is 9.83. The van der Waals surface area contributed by atoms with Gasteiger partial charge in [0.15, 0.2) is 0 Å². The van der Waals surface area contributed by atoms with Gasteiger partial charge < -0.3 is 9.47 Å². The van der Waals surface area contributed by atoms with E-state index < -0.39 is 5.72 Å². The Morgan fingerprint density at radius 1 is 1.27 bits per heavy atom. The highest BCUT2D eigenvalue weighted by molar-refractivity contribution is 5.37. The fourth-order valence-corrected chi connectivity index (χ4v) is 1.65. The Morgan fingerprint density at radius 3 is 2.47 bits per heavy atom. The molecule has 0 saturated heterocycles. The third kappa shape index (κ3) is 2.49. The lowest BCUT2D eigenvalue weighted by molar-refractivity contribution is -0.0287. The Balaban J connectivity index is 3.10. The maximum absolute atomic E-state index is 5.52. The molecule has 0 aromatic heterocycles. The van der Waals surface area contributed by atoms with Gasteiger partial charge in [-0.1, -0.05) is 25.1 Å². The molecule has 3 heteroatoms. The number of ether oxygens (including phenoxy) is 2. The van der Waals surface area contributed by atoms with Crippen LogP contribution < -0.4 is 10.1 Å². The summed E-state index contributed by atoms with van der Waals surface area (Å²) in [5.41, 5.74) is 0.512. The second-order valence-electron chi connectivity index (χ2n) is 3.47. The van der Waals surface area contributed by atoms with E-state index in [2.05, 4.69) is 5.32 Å². The van der Waals surface area contributed by atoms with Crippen molar-refractivity contribution in [3.05, 3.63) is 29.8 Å². The SMILES string of the molecule is CCNC(C)(OC)c1ccccc1OC. The molecule has 84 valence electrons. The zero-order chi connectivity index (χ0) is 11.3. The van der Waals surface area contributed by atoms with Crippen molar-refractivity contribution in [2.24, 2.45) is 0 Å². The summed E-state index contributed by atoms with van der Waals surface area (Å²) >= 11 is 0. The molecule has 0 radical (unpaired) electrons. The van der Waals surface area contributed by atoms with Crippen LogP contribution in [0.3, 0.4) is 0 Å². The van der Waals surface area contributed by atoms with E-state index >= 15 is 0 Å². The maximum atomic E-state index is 5.52. The third-order valence-corrected chi connectivity index (χ3v) is 2.54. The number of rotatable bonds is 5. The van der Waals surface area contributed by atoms with E-state index in [9.17, 15) is 0 Å². The molecule has 1 rings (SSSR count). The van der Waals surface area contributed by atoms with E-state index in [0.29, 0.717) is 0 Å². The zero-order valence-electron chi connectivity index (χ0n) is 9.83. The molecule has 1 aromatic carbocycles. The second-order valence-corrected chi connectivity index (χ2v) is 3.47. The van der Waals surface area contributed by atoms with Crippen molar-refractivity contribution in [1.29, 1.82) is 0 Å². The molecule has 0 fully saturated rings. The van der Waals surface area contributed by atoms with Crippen molar-refractivity contribution in [2.45, 2.75) is 19.6 Å². The average molecular weight is 209 g/mol. The lowest BCUT2D eigenvalue weighted by atomic mass is 10.0. The highest BCUT2D eigenvalue weighted by Gasteiger charge is 2.27. The number of para-hydroxylation sites is 1. The van der Waals surface area contributed by atoms with Crippen LogP contribution in [0.1, 0.15) is 19.4 Å². The summed E-state index contributed by atoms with van der Waals surface area (Å²) < 4.78 is 10.8. The Morgan fingerprint density at radius 2 is 1.93 bits per heavy atom. The predicted molar refractivity (Wildman–Crippen MR) is 61.0 cm³/mol. The highest BCUT2D eigenvalue weighted by Crippen LogP contribution is 2.29. The molecule has 0 aliphatic heterocycles. The first-order valence-electron chi connectivity index (χ1n) is 5.11. The van der Waals surface area contributed by atoms with Gasteiger partial charge in [0.2, 0.25) is 0 Å². The quantitative estimate of drug-likeness (QED) is 0.753. The summed E-state index contributed by atoms with van der Waals surface area (Å²) in [5, 5.41) is 3.30. The van der Waals surface area contributed by atoms with Crippen molar-refractivity contribution in [1.82, 2.24) is 5.32 Å². The topological polar surface area (TPSA) is 30.5 Å². The molecule has 0 bridgehead atoms. The molecule has 0 aliphatic rings. The number of methoxy groups -OCH3 is 2. The van der Waals surface area contributed by atoms with Gasteiger partial charge in [-0.3, -0.25) is 5.32 Å². The van der Waals surface area contributed by atoms with Crippen LogP contribution in [0, 0.1) is 0 Å². The van der Waals surface area contributed by atoms with Crippen LogP contribution in [0.2, 0.25) is 0 Å². The summed E-state index contributed by atoms with van der Waals surface area (Å²) in [5.74, 6) is 0.836. The minimum Gasteiger partial charge on any atom is -0.496 e. The van der Waals surface area contributed by atoms with Crippen molar-refractivity contribution in [3.8, 4) is 5.75 Å². The summed E-state index contributed by atoms with van der Waals surface area (Å²) in [6.07, 6.45) is 0. The molecule has 1 N–H and O–H groups in total. The monoisotopic (exact) mass is 209 g/mol. The Labute approximate surface area is 91.4 Å². The van der Waals surface area contributed by atoms with Crippen molar-refractivity contribution in [2.75, 3.05) is 20.8 Å². The number of benzene rings is 1. The van der Waals surface area contributed by atoms with Crippen LogP contribution in [0.25, 0.3) is 0 Å². The minimum atomic E-state index is -0.499. The number of nitrogens with one attached hydrogen (secondary N) is 1. The molecule has 1 aromatic rings. The fraction of sp³-hybridized carbons (Fsp3) is 0.500. The van der Waals surface area contributed by atoms with Crippen LogP contribution in [-0.2, 0) is 10.5 Å². The number of hydrogen-bond acceptors (Lipinski definition) is 3. The summed E-state index contributed by atoms with van der Waals surface area (Å²) in [6, 6.07) is 7.87. The largest absolute Gasteiger partial charge is 0.496 e. The van der Waals surface area contributed by atoms with Crippen molar-refractivity contribution >= 4 is 0 Å². The van der Waals surface area contributed by atoms with Gasteiger partial charge in [0, 0.05) is 12.7 Å². The van der Waals surface area contributed by atoms with E-state index in [1.54, 1.807) is 14.2 Å². The summed E-state index contributed by atoms with van der Waals surface area (Å²) in [4.78, 5) is 0. The Hall–Kier alpha value is -1.06. The van der Waals surface area contributed by atoms with E-state index in [4.69, 9.17) is 9.47 Å². The second kappa shape index (κ2) is 5.14. The van der Waals surface area contributed by atoms with Gasteiger partial charge in [0.1, 0.15) is 11.5 Å². The smallest absolute Gasteiger partial charge is 0.145 e. The van der Waals surface area contributed by atoms with Gasteiger partial charge in [0.25, 0.3) is 0 Å². The van der Waals surface area contributed by atoms with Crippen LogP contribution in [0.4, 0.5) is 0 Å². The molecular weight excluding hydrogens is 190 g/mol. The molecule has 1 atom stereocenters.